The summed E-state index contributed by atoms with van der Waals surface area (Å²) in [6, 6.07) is 15.7. The number of fused-ring (bicyclic) bond motifs is 1. The number of aldehydes is 1. The summed E-state index contributed by atoms with van der Waals surface area (Å²) in [5, 5.41) is 0. The minimum absolute atomic E-state index is 0.799. The van der Waals surface area contributed by atoms with Crippen molar-refractivity contribution in [2.24, 2.45) is 0 Å². The first-order chi connectivity index (χ1) is 9.35. The molecule has 0 atom stereocenters. The molecule has 0 unspecified atom stereocenters. The number of carbonyl (C=O) groups is 1. The van der Waals surface area contributed by atoms with Crippen LogP contribution in [0.25, 0.3) is 6.08 Å². The van der Waals surface area contributed by atoms with Gasteiger partial charge < -0.3 is 4.74 Å². The van der Waals surface area contributed by atoms with Gasteiger partial charge in [0.05, 0.1) is 0 Å². The molecule has 1 aliphatic carbocycles. The van der Waals surface area contributed by atoms with Crippen molar-refractivity contribution in [3.8, 4) is 11.5 Å². The lowest BCUT2D eigenvalue weighted by atomic mass is 9.93. The Morgan fingerprint density at radius 1 is 0.947 bits per heavy atom. The molecule has 0 amide bonds. The molecule has 0 saturated carbocycles. The highest BCUT2D eigenvalue weighted by molar-refractivity contribution is 5.83. The third-order valence-electron chi connectivity index (χ3n) is 3.27. The van der Waals surface area contributed by atoms with Gasteiger partial charge in [-0.1, -0.05) is 24.3 Å². The Kier molecular flexibility index (Phi) is 3.15. The fraction of sp³-hybridized carbons (Fsp3) is 0.118. The van der Waals surface area contributed by atoms with Gasteiger partial charge in [0, 0.05) is 0 Å². The number of para-hydroxylation sites is 1. The van der Waals surface area contributed by atoms with Crippen molar-refractivity contribution in [1.82, 2.24) is 0 Å². The van der Waals surface area contributed by atoms with Crippen LogP contribution in [0.15, 0.2) is 54.1 Å². The Morgan fingerprint density at radius 2 is 1.79 bits per heavy atom. The monoisotopic (exact) mass is 250 g/mol. The first-order valence-corrected chi connectivity index (χ1v) is 6.37. The smallest absolute Gasteiger partial charge is 0.146 e. The Bertz CT molecular complexity index is 627. The molecule has 2 aromatic rings. The van der Waals surface area contributed by atoms with Crippen molar-refractivity contribution in [2.75, 3.05) is 0 Å². The van der Waals surface area contributed by atoms with E-state index in [1.165, 1.54) is 5.56 Å². The summed E-state index contributed by atoms with van der Waals surface area (Å²) in [4.78, 5) is 10.8. The van der Waals surface area contributed by atoms with E-state index in [0.29, 0.717) is 0 Å². The van der Waals surface area contributed by atoms with Gasteiger partial charge in [-0.15, -0.1) is 0 Å². The van der Waals surface area contributed by atoms with Gasteiger partial charge in [0.25, 0.3) is 0 Å². The lowest BCUT2D eigenvalue weighted by Gasteiger charge is -2.14. The Hall–Kier alpha value is -2.35. The normalized spacial score (nSPS) is 13.4. The maximum absolute atomic E-state index is 10.8. The van der Waals surface area contributed by atoms with Crippen LogP contribution in [0, 0.1) is 0 Å². The van der Waals surface area contributed by atoms with Gasteiger partial charge in [0.1, 0.15) is 17.8 Å². The number of hydrogen-bond acceptors (Lipinski definition) is 2. The van der Waals surface area contributed by atoms with Crippen LogP contribution in [0.2, 0.25) is 0 Å². The second-order valence-electron chi connectivity index (χ2n) is 4.61. The molecule has 2 heteroatoms. The highest BCUT2D eigenvalue weighted by atomic mass is 16.5. The van der Waals surface area contributed by atoms with E-state index in [-0.39, 0.29) is 0 Å². The van der Waals surface area contributed by atoms with Gasteiger partial charge in [-0.2, -0.15) is 0 Å². The van der Waals surface area contributed by atoms with Crippen LogP contribution in [-0.2, 0) is 11.2 Å². The lowest BCUT2D eigenvalue weighted by Crippen LogP contribution is -2.00. The van der Waals surface area contributed by atoms with E-state index in [2.05, 4.69) is 6.07 Å². The maximum Gasteiger partial charge on any atom is 0.146 e. The summed E-state index contributed by atoms with van der Waals surface area (Å²) in [6.45, 7) is 0. The van der Waals surface area contributed by atoms with E-state index >= 15 is 0 Å². The standard InChI is InChI=1S/C17H14O2/c18-12-13-6-7-14-8-9-17(11-15(14)10-13)19-16-4-2-1-3-5-16/h1-5,8-12H,6-7H2. The number of ether oxygens (including phenoxy) is 1. The van der Waals surface area contributed by atoms with Crippen molar-refractivity contribution in [2.45, 2.75) is 12.8 Å². The minimum Gasteiger partial charge on any atom is -0.457 e. The molecule has 0 aromatic heterocycles. The van der Waals surface area contributed by atoms with Gasteiger partial charge in [-0.05, 0) is 59.9 Å². The third kappa shape index (κ3) is 2.58. The van der Waals surface area contributed by atoms with Gasteiger partial charge in [0.15, 0.2) is 0 Å². The number of hydrogen-bond donors (Lipinski definition) is 0. The van der Waals surface area contributed by atoms with Gasteiger partial charge in [0.2, 0.25) is 0 Å². The van der Waals surface area contributed by atoms with Crippen LogP contribution < -0.4 is 4.74 Å². The molecule has 0 aliphatic heterocycles. The molecule has 0 fully saturated rings. The first kappa shape index (κ1) is 11.7. The third-order valence-corrected chi connectivity index (χ3v) is 3.27. The molecule has 2 aromatic carbocycles. The fourth-order valence-corrected chi connectivity index (χ4v) is 2.27. The molecule has 2 nitrogen and oxygen atoms in total. The molecule has 0 radical (unpaired) electrons. The van der Waals surface area contributed by atoms with E-state index in [4.69, 9.17) is 4.74 Å². The van der Waals surface area contributed by atoms with Crippen molar-refractivity contribution in [3.63, 3.8) is 0 Å². The predicted molar refractivity (Wildman–Crippen MR) is 75.3 cm³/mol. The van der Waals surface area contributed by atoms with Gasteiger partial charge in [-0.3, -0.25) is 4.79 Å². The van der Waals surface area contributed by atoms with E-state index in [0.717, 1.165) is 41.8 Å². The highest BCUT2D eigenvalue weighted by Crippen LogP contribution is 2.29. The zero-order chi connectivity index (χ0) is 13.1. The number of allylic oxidation sites excluding steroid dienone is 1. The van der Waals surface area contributed by atoms with E-state index < -0.39 is 0 Å². The van der Waals surface area contributed by atoms with E-state index in [9.17, 15) is 4.79 Å². The zero-order valence-electron chi connectivity index (χ0n) is 10.5. The SMILES string of the molecule is O=CC1=Cc2cc(Oc3ccccc3)ccc2CC1. The van der Waals surface area contributed by atoms with Crippen LogP contribution in [0.3, 0.4) is 0 Å². The average Bonchev–Trinajstić information content (AvgIpc) is 2.47. The predicted octanol–water partition coefficient (Wildman–Crippen LogP) is 4.01. The average molecular weight is 250 g/mol. The Morgan fingerprint density at radius 3 is 2.58 bits per heavy atom. The topological polar surface area (TPSA) is 26.3 Å². The maximum atomic E-state index is 10.8. The second-order valence-corrected chi connectivity index (χ2v) is 4.61. The highest BCUT2D eigenvalue weighted by Gasteiger charge is 2.10. The van der Waals surface area contributed by atoms with E-state index in [1.807, 2.05) is 48.5 Å². The van der Waals surface area contributed by atoms with Gasteiger partial charge in [-0.25, -0.2) is 0 Å². The summed E-state index contributed by atoms with van der Waals surface area (Å²) in [6.07, 6.45) is 4.64. The van der Waals surface area contributed by atoms with E-state index in [1.54, 1.807) is 0 Å². The van der Waals surface area contributed by atoms with Crippen LogP contribution >= 0.6 is 0 Å². The van der Waals surface area contributed by atoms with Crippen LogP contribution in [-0.4, -0.2) is 6.29 Å². The molecule has 1 aliphatic rings. The Balaban J connectivity index is 1.90. The Labute approximate surface area is 112 Å². The summed E-state index contributed by atoms with van der Waals surface area (Å²) in [5.41, 5.74) is 3.21. The van der Waals surface area contributed by atoms with Crippen molar-refractivity contribution in [1.29, 1.82) is 0 Å². The number of aryl methyl sites for hydroxylation is 1. The van der Waals surface area contributed by atoms with Crippen LogP contribution in [0.4, 0.5) is 0 Å². The van der Waals surface area contributed by atoms with Crippen LogP contribution in [0.1, 0.15) is 17.5 Å². The summed E-state index contributed by atoms with van der Waals surface area (Å²) >= 11 is 0. The first-order valence-electron chi connectivity index (χ1n) is 6.37. The lowest BCUT2D eigenvalue weighted by molar-refractivity contribution is -0.105. The molecule has 0 heterocycles. The number of rotatable bonds is 3. The van der Waals surface area contributed by atoms with Crippen molar-refractivity contribution < 1.29 is 9.53 Å². The molecule has 3 rings (SSSR count). The summed E-state index contributed by atoms with van der Waals surface area (Å²) < 4.78 is 5.80. The second kappa shape index (κ2) is 5.11. The molecule has 0 spiro atoms. The molecular formula is C17H14O2. The molecule has 0 saturated heterocycles. The summed E-state index contributed by atoms with van der Waals surface area (Å²) in [7, 11) is 0. The molecule has 0 N–H and O–H groups in total. The zero-order valence-corrected chi connectivity index (χ0v) is 10.5. The number of benzene rings is 2. The van der Waals surface area contributed by atoms with Gasteiger partial charge >= 0.3 is 0 Å². The molecular weight excluding hydrogens is 236 g/mol. The summed E-state index contributed by atoms with van der Waals surface area (Å²) in [5.74, 6) is 1.62. The molecule has 0 bridgehead atoms. The fourth-order valence-electron chi connectivity index (χ4n) is 2.27. The number of carbonyl (C=O) groups excluding carboxylic acids is 1. The molecule has 94 valence electrons. The molecule has 19 heavy (non-hydrogen) atoms. The van der Waals surface area contributed by atoms with Crippen molar-refractivity contribution in [3.05, 3.63) is 65.2 Å². The van der Waals surface area contributed by atoms with Crippen LogP contribution in [0.5, 0.6) is 11.5 Å². The largest absolute Gasteiger partial charge is 0.457 e. The minimum atomic E-state index is 0.799. The quantitative estimate of drug-likeness (QED) is 0.769. The van der Waals surface area contributed by atoms with Crippen molar-refractivity contribution >= 4 is 12.4 Å².